The van der Waals surface area contributed by atoms with E-state index in [-0.39, 0.29) is 6.61 Å². The zero-order valence-corrected chi connectivity index (χ0v) is 13.2. The van der Waals surface area contributed by atoms with Crippen molar-refractivity contribution in [2.24, 2.45) is 0 Å². The molecule has 2 unspecified atom stereocenters. The second kappa shape index (κ2) is 5.48. The van der Waals surface area contributed by atoms with E-state index in [1.807, 2.05) is 19.0 Å². The van der Waals surface area contributed by atoms with Crippen molar-refractivity contribution in [3.63, 3.8) is 0 Å². The van der Waals surface area contributed by atoms with Crippen molar-refractivity contribution in [3.05, 3.63) is 11.1 Å². The Kier molecular flexibility index (Phi) is 3.82. The topological polar surface area (TPSA) is 96.5 Å². The summed E-state index contributed by atoms with van der Waals surface area (Å²) in [5.74, 6) is 0.705. The lowest BCUT2D eigenvalue weighted by Crippen LogP contribution is -2.24. The zero-order valence-electron chi connectivity index (χ0n) is 11.6. The van der Waals surface area contributed by atoms with Gasteiger partial charge in [-0.15, -0.1) is 0 Å². The summed E-state index contributed by atoms with van der Waals surface area (Å²) < 4.78 is 7.99. The van der Waals surface area contributed by atoms with Crippen molar-refractivity contribution in [2.45, 2.75) is 24.9 Å². The maximum Gasteiger partial charge on any atom is 0.181 e. The Morgan fingerprint density at radius 2 is 2.24 bits per heavy atom. The number of aliphatic hydroxyl groups excluding tert-OH is 2. The van der Waals surface area contributed by atoms with E-state index < -0.39 is 18.4 Å². The third-order valence-electron chi connectivity index (χ3n) is 3.51. The molecular weight excluding hydrogens is 342 g/mol. The molecule has 0 spiro atoms. The van der Waals surface area contributed by atoms with Gasteiger partial charge in [0.25, 0.3) is 0 Å². The van der Waals surface area contributed by atoms with Crippen LogP contribution in [0.2, 0.25) is 0 Å². The Balaban J connectivity index is 2.08. The quantitative estimate of drug-likeness (QED) is 0.762. The van der Waals surface area contributed by atoms with E-state index in [0.29, 0.717) is 28.1 Å². The van der Waals surface area contributed by atoms with Gasteiger partial charge in [0.05, 0.1) is 12.7 Å². The van der Waals surface area contributed by atoms with Crippen LogP contribution in [0.5, 0.6) is 0 Å². The molecule has 1 saturated heterocycles. The van der Waals surface area contributed by atoms with Crippen LogP contribution in [0.25, 0.3) is 11.2 Å². The molecule has 21 heavy (non-hydrogen) atoms. The van der Waals surface area contributed by atoms with Gasteiger partial charge >= 0.3 is 0 Å². The second-order valence-corrected chi connectivity index (χ2v) is 5.84. The Hall–Kier alpha value is -1.29. The van der Waals surface area contributed by atoms with Gasteiger partial charge in [0, 0.05) is 20.5 Å². The summed E-state index contributed by atoms with van der Waals surface area (Å²) in [6, 6.07) is 0. The number of anilines is 1. The number of rotatable bonds is 3. The lowest BCUT2D eigenvalue weighted by molar-refractivity contribution is -0.0439. The van der Waals surface area contributed by atoms with Gasteiger partial charge in [-0.25, -0.2) is 15.0 Å². The summed E-state index contributed by atoms with van der Waals surface area (Å²) >= 11 is 3.41. The number of hydrogen-bond donors (Lipinski definition) is 2. The molecule has 2 aromatic rings. The SMILES string of the molecule is CN(C)c1ncnc2c1nc(Br)n2C1CC(O)[C@@H](CO)O1. The minimum Gasteiger partial charge on any atom is -0.394 e. The summed E-state index contributed by atoms with van der Waals surface area (Å²) in [7, 11) is 3.76. The highest BCUT2D eigenvalue weighted by Crippen LogP contribution is 2.35. The highest BCUT2D eigenvalue weighted by Gasteiger charge is 2.36. The Morgan fingerprint density at radius 3 is 2.86 bits per heavy atom. The van der Waals surface area contributed by atoms with Gasteiger partial charge in [0.15, 0.2) is 21.7 Å². The van der Waals surface area contributed by atoms with Crippen LogP contribution in [0.15, 0.2) is 11.1 Å². The third-order valence-corrected chi connectivity index (χ3v) is 4.07. The summed E-state index contributed by atoms with van der Waals surface area (Å²) in [5, 5.41) is 19.1. The van der Waals surface area contributed by atoms with Crippen molar-refractivity contribution in [1.29, 1.82) is 0 Å². The predicted octanol–water partition coefficient (Wildman–Crippen LogP) is 0.295. The van der Waals surface area contributed by atoms with Crippen LogP contribution in [0, 0.1) is 0 Å². The molecule has 1 aliphatic heterocycles. The Morgan fingerprint density at radius 1 is 1.48 bits per heavy atom. The minimum absolute atomic E-state index is 0.222. The van der Waals surface area contributed by atoms with E-state index >= 15 is 0 Å². The molecule has 3 heterocycles. The molecule has 8 nitrogen and oxygen atoms in total. The van der Waals surface area contributed by atoms with Crippen LogP contribution in [0.1, 0.15) is 12.6 Å². The van der Waals surface area contributed by atoms with Crippen LogP contribution >= 0.6 is 15.9 Å². The first-order valence-corrected chi connectivity index (χ1v) is 7.32. The van der Waals surface area contributed by atoms with Crippen molar-refractivity contribution >= 4 is 32.9 Å². The molecule has 3 rings (SSSR count). The predicted molar refractivity (Wildman–Crippen MR) is 79.0 cm³/mol. The van der Waals surface area contributed by atoms with Crippen molar-refractivity contribution in [1.82, 2.24) is 19.5 Å². The van der Waals surface area contributed by atoms with Crippen molar-refractivity contribution in [3.8, 4) is 0 Å². The summed E-state index contributed by atoms with van der Waals surface area (Å²) in [4.78, 5) is 14.8. The van der Waals surface area contributed by atoms with Gasteiger partial charge in [-0.05, 0) is 15.9 Å². The molecule has 0 saturated carbocycles. The Bertz CT molecular complexity index is 662. The van der Waals surface area contributed by atoms with Gasteiger partial charge < -0.3 is 19.8 Å². The van der Waals surface area contributed by atoms with E-state index in [1.165, 1.54) is 6.33 Å². The fourth-order valence-corrected chi connectivity index (χ4v) is 3.06. The smallest absolute Gasteiger partial charge is 0.181 e. The Labute approximate surface area is 129 Å². The first kappa shape index (κ1) is 14.6. The highest BCUT2D eigenvalue weighted by atomic mass is 79.9. The zero-order chi connectivity index (χ0) is 15.1. The fourth-order valence-electron chi connectivity index (χ4n) is 2.49. The van der Waals surface area contributed by atoms with E-state index in [9.17, 15) is 10.2 Å². The first-order valence-electron chi connectivity index (χ1n) is 6.53. The molecule has 114 valence electrons. The van der Waals surface area contributed by atoms with E-state index in [0.717, 1.165) is 0 Å². The molecule has 9 heteroatoms. The van der Waals surface area contributed by atoms with Gasteiger partial charge in [0.1, 0.15) is 18.7 Å². The van der Waals surface area contributed by atoms with Gasteiger partial charge in [-0.3, -0.25) is 4.57 Å². The van der Waals surface area contributed by atoms with E-state index in [4.69, 9.17) is 4.74 Å². The van der Waals surface area contributed by atoms with Crippen molar-refractivity contribution in [2.75, 3.05) is 25.6 Å². The van der Waals surface area contributed by atoms with E-state index in [2.05, 4.69) is 30.9 Å². The molecule has 0 aliphatic carbocycles. The average Bonchev–Trinajstić information content (AvgIpc) is 2.96. The van der Waals surface area contributed by atoms with Crippen LogP contribution in [0.3, 0.4) is 0 Å². The number of hydrogen-bond acceptors (Lipinski definition) is 7. The van der Waals surface area contributed by atoms with Gasteiger partial charge in [-0.1, -0.05) is 0 Å². The van der Waals surface area contributed by atoms with Crippen LogP contribution < -0.4 is 4.90 Å². The van der Waals surface area contributed by atoms with Crippen molar-refractivity contribution < 1.29 is 14.9 Å². The number of imidazole rings is 1. The number of aliphatic hydroxyl groups is 2. The molecule has 0 amide bonds. The molecule has 0 radical (unpaired) electrons. The van der Waals surface area contributed by atoms with Crippen LogP contribution in [-0.2, 0) is 4.74 Å². The molecular formula is C12H16BrN5O3. The lowest BCUT2D eigenvalue weighted by Gasteiger charge is -2.15. The van der Waals surface area contributed by atoms with Gasteiger partial charge in [-0.2, -0.15) is 0 Å². The van der Waals surface area contributed by atoms with Crippen LogP contribution in [0.4, 0.5) is 5.82 Å². The number of aromatic nitrogens is 4. The molecule has 0 bridgehead atoms. The first-order chi connectivity index (χ1) is 10.0. The molecule has 0 aromatic carbocycles. The number of nitrogens with zero attached hydrogens (tertiary/aromatic N) is 5. The standard InChI is InChI=1S/C12H16BrN5O3/c1-17(2)10-9-11(15-5-14-10)18(12(13)16-9)8-3-6(20)7(4-19)21-8/h5-8,19-20H,3-4H2,1-2H3/t6?,7-,8?/m1/s1. The molecule has 2 aromatic heterocycles. The largest absolute Gasteiger partial charge is 0.394 e. The highest BCUT2D eigenvalue weighted by molar-refractivity contribution is 9.10. The fraction of sp³-hybridized carbons (Fsp3) is 0.583. The maximum absolute atomic E-state index is 9.89. The summed E-state index contributed by atoms with van der Waals surface area (Å²) in [5.41, 5.74) is 1.27. The van der Waals surface area contributed by atoms with Gasteiger partial charge in [0.2, 0.25) is 0 Å². The molecule has 2 N–H and O–H groups in total. The maximum atomic E-state index is 9.89. The molecule has 3 atom stereocenters. The number of ether oxygens (including phenoxy) is 1. The summed E-state index contributed by atoms with van der Waals surface area (Å²) in [6.07, 6.45) is 0.115. The molecule has 1 aliphatic rings. The monoisotopic (exact) mass is 357 g/mol. The third kappa shape index (κ3) is 2.39. The summed E-state index contributed by atoms with van der Waals surface area (Å²) in [6.45, 7) is -0.222. The molecule has 1 fully saturated rings. The second-order valence-electron chi connectivity index (χ2n) is 5.13. The number of halogens is 1. The number of fused-ring (bicyclic) bond motifs is 1. The average molecular weight is 358 g/mol. The lowest BCUT2D eigenvalue weighted by atomic mass is 10.2. The van der Waals surface area contributed by atoms with E-state index in [1.54, 1.807) is 4.57 Å². The minimum atomic E-state index is -0.709. The normalized spacial score (nSPS) is 25.7. The van der Waals surface area contributed by atoms with Crippen LogP contribution in [-0.4, -0.2) is 62.6 Å².